The maximum Gasteiger partial charge on any atom is 0.270 e. The van der Waals surface area contributed by atoms with Crippen LogP contribution < -0.4 is 0 Å². The number of carbonyl (C=O) groups excluding carboxylic acids is 1. The smallest absolute Gasteiger partial charge is 0.270 e. The summed E-state index contributed by atoms with van der Waals surface area (Å²) in [6.07, 6.45) is 2.09. The van der Waals surface area contributed by atoms with Gasteiger partial charge in [0.05, 0.1) is 0 Å². The van der Waals surface area contributed by atoms with Gasteiger partial charge >= 0.3 is 0 Å². The molecule has 1 saturated heterocycles. The zero-order chi connectivity index (χ0) is 16.4. The first-order valence-corrected chi connectivity index (χ1v) is 8.33. The van der Waals surface area contributed by atoms with Crippen molar-refractivity contribution in [2.24, 2.45) is 0 Å². The van der Waals surface area contributed by atoms with E-state index in [0.717, 1.165) is 49.5 Å². The number of amides is 1. The minimum absolute atomic E-state index is 0.151. The topological polar surface area (TPSA) is 28.5 Å². The predicted molar refractivity (Wildman–Crippen MR) is 93.7 cm³/mol. The summed E-state index contributed by atoms with van der Waals surface area (Å²) >= 11 is 0. The minimum Gasteiger partial charge on any atom is -0.343 e. The highest BCUT2D eigenvalue weighted by Gasteiger charge is 2.23. The predicted octanol–water partition coefficient (Wildman–Crippen LogP) is 2.87. The minimum atomic E-state index is 0.151. The maximum absolute atomic E-state index is 12.9. The van der Waals surface area contributed by atoms with E-state index >= 15 is 0 Å². The molecule has 1 aromatic carbocycles. The number of piperazine rings is 1. The number of rotatable bonds is 3. The van der Waals surface area contributed by atoms with E-state index in [4.69, 9.17) is 0 Å². The van der Waals surface area contributed by atoms with Crippen LogP contribution in [0.15, 0.2) is 36.5 Å². The highest BCUT2D eigenvalue weighted by Crippen LogP contribution is 2.24. The Labute approximate surface area is 138 Å². The summed E-state index contributed by atoms with van der Waals surface area (Å²) in [4.78, 5) is 17.1. The van der Waals surface area contributed by atoms with Crippen LogP contribution in [0.3, 0.4) is 0 Å². The van der Waals surface area contributed by atoms with Gasteiger partial charge in [-0.05, 0) is 32.5 Å². The average Bonchev–Trinajstić information content (AvgIpc) is 3.00. The van der Waals surface area contributed by atoms with E-state index in [1.165, 1.54) is 5.56 Å². The lowest BCUT2D eigenvalue weighted by molar-refractivity contribution is 0.0653. The summed E-state index contributed by atoms with van der Waals surface area (Å²) in [5, 5.41) is 0. The number of hydrogen-bond acceptors (Lipinski definition) is 2. The normalized spacial score (nSPS) is 15.9. The molecule has 1 aliphatic heterocycles. The van der Waals surface area contributed by atoms with Gasteiger partial charge in [-0.25, -0.2) is 0 Å². The fourth-order valence-corrected chi connectivity index (χ4v) is 3.03. The molecule has 1 aromatic heterocycles. The first-order valence-electron chi connectivity index (χ1n) is 8.33. The Bertz CT molecular complexity index is 679. The Morgan fingerprint density at radius 3 is 2.30 bits per heavy atom. The van der Waals surface area contributed by atoms with Crippen LogP contribution in [0.2, 0.25) is 0 Å². The molecule has 0 aliphatic carbocycles. The zero-order valence-corrected chi connectivity index (χ0v) is 14.2. The number of benzene rings is 1. The zero-order valence-electron chi connectivity index (χ0n) is 14.2. The van der Waals surface area contributed by atoms with E-state index < -0.39 is 0 Å². The van der Waals surface area contributed by atoms with Crippen molar-refractivity contribution >= 4 is 5.91 Å². The van der Waals surface area contributed by atoms with E-state index in [2.05, 4.69) is 60.8 Å². The summed E-state index contributed by atoms with van der Waals surface area (Å²) in [5.41, 5.74) is 4.32. The molecule has 4 heteroatoms. The fraction of sp³-hybridized carbons (Fsp3) is 0.421. The Balaban J connectivity index is 1.87. The summed E-state index contributed by atoms with van der Waals surface area (Å²) in [6, 6.07) is 10.5. The number of hydrogen-bond donors (Lipinski definition) is 0. The molecule has 3 rings (SSSR count). The van der Waals surface area contributed by atoms with Crippen molar-refractivity contribution in [3.8, 4) is 11.1 Å². The molecule has 122 valence electrons. The van der Waals surface area contributed by atoms with Crippen molar-refractivity contribution in [2.45, 2.75) is 20.4 Å². The Morgan fingerprint density at radius 2 is 1.70 bits per heavy atom. The fourth-order valence-electron chi connectivity index (χ4n) is 3.03. The number of nitrogens with zero attached hydrogens (tertiary/aromatic N) is 3. The quantitative estimate of drug-likeness (QED) is 0.872. The van der Waals surface area contributed by atoms with Gasteiger partial charge in [-0.1, -0.05) is 29.8 Å². The monoisotopic (exact) mass is 311 g/mol. The van der Waals surface area contributed by atoms with E-state index in [1.807, 2.05) is 11.0 Å². The molecular weight excluding hydrogens is 286 g/mol. The van der Waals surface area contributed by atoms with Crippen molar-refractivity contribution in [3.05, 3.63) is 47.8 Å². The first-order chi connectivity index (χ1) is 11.1. The van der Waals surface area contributed by atoms with Crippen LogP contribution in [0.5, 0.6) is 0 Å². The van der Waals surface area contributed by atoms with E-state index in [-0.39, 0.29) is 5.91 Å². The standard InChI is InChI=1S/C19H25N3O/c1-4-21-14-17(16-7-5-15(2)6-8-16)13-18(21)19(23)22-11-9-20(3)10-12-22/h5-8,13-14H,4,9-12H2,1-3H3. The Kier molecular flexibility index (Phi) is 4.53. The molecule has 0 saturated carbocycles. The number of likely N-dealkylation sites (N-methyl/N-ethyl adjacent to an activating group) is 1. The van der Waals surface area contributed by atoms with Gasteiger partial charge in [0.2, 0.25) is 0 Å². The molecule has 2 heterocycles. The van der Waals surface area contributed by atoms with Crippen LogP contribution in [-0.4, -0.2) is 53.5 Å². The molecule has 0 N–H and O–H groups in total. The average molecular weight is 311 g/mol. The highest BCUT2D eigenvalue weighted by molar-refractivity contribution is 5.94. The summed E-state index contributed by atoms with van der Waals surface area (Å²) < 4.78 is 2.07. The Morgan fingerprint density at radius 1 is 1.04 bits per heavy atom. The van der Waals surface area contributed by atoms with Gasteiger partial charge in [-0.15, -0.1) is 0 Å². The molecule has 4 nitrogen and oxygen atoms in total. The van der Waals surface area contributed by atoms with Gasteiger partial charge in [0.25, 0.3) is 5.91 Å². The second-order valence-electron chi connectivity index (χ2n) is 6.36. The van der Waals surface area contributed by atoms with Gasteiger partial charge in [0, 0.05) is 44.5 Å². The van der Waals surface area contributed by atoms with Crippen molar-refractivity contribution in [1.29, 1.82) is 0 Å². The molecule has 2 aromatic rings. The maximum atomic E-state index is 12.9. The van der Waals surface area contributed by atoms with Crippen LogP contribution in [0.1, 0.15) is 23.0 Å². The van der Waals surface area contributed by atoms with E-state index in [1.54, 1.807) is 0 Å². The van der Waals surface area contributed by atoms with Gasteiger partial charge in [-0.3, -0.25) is 4.79 Å². The second kappa shape index (κ2) is 6.59. The lowest BCUT2D eigenvalue weighted by atomic mass is 10.1. The third kappa shape index (κ3) is 3.32. The van der Waals surface area contributed by atoms with E-state index in [0.29, 0.717) is 0 Å². The van der Waals surface area contributed by atoms with Crippen LogP contribution in [0, 0.1) is 6.92 Å². The summed E-state index contributed by atoms with van der Waals surface area (Å²) in [7, 11) is 2.10. The molecule has 1 aliphatic rings. The summed E-state index contributed by atoms with van der Waals surface area (Å²) in [6.45, 7) is 8.49. The first kappa shape index (κ1) is 15.8. The van der Waals surface area contributed by atoms with E-state index in [9.17, 15) is 4.79 Å². The van der Waals surface area contributed by atoms with Gasteiger partial charge in [0.1, 0.15) is 5.69 Å². The summed E-state index contributed by atoms with van der Waals surface area (Å²) in [5.74, 6) is 0.151. The third-order valence-corrected chi connectivity index (χ3v) is 4.63. The molecular formula is C19H25N3O. The molecule has 1 fully saturated rings. The lowest BCUT2D eigenvalue weighted by Crippen LogP contribution is -2.47. The lowest BCUT2D eigenvalue weighted by Gasteiger charge is -2.32. The number of aromatic nitrogens is 1. The highest BCUT2D eigenvalue weighted by atomic mass is 16.2. The largest absolute Gasteiger partial charge is 0.343 e. The molecule has 1 amide bonds. The third-order valence-electron chi connectivity index (χ3n) is 4.63. The molecule has 0 bridgehead atoms. The number of carbonyl (C=O) groups is 1. The van der Waals surface area contributed by atoms with Crippen LogP contribution in [-0.2, 0) is 6.54 Å². The van der Waals surface area contributed by atoms with Crippen molar-refractivity contribution < 1.29 is 4.79 Å². The molecule has 23 heavy (non-hydrogen) atoms. The molecule has 0 unspecified atom stereocenters. The van der Waals surface area contributed by atoms with Gasteiger partial charge < -0.3 is 14.4 Å². The van der Waals surface area contributed by atoms with Crippen molar-refractivity contribution in [1.82, 2.24) is 14.4 Å². The molecule has 0 spiro atoms. The molecule has 0 radical (unpaired) electrons. The van der Waals surface area contributed by atoms with Crippen LogP contribution in [0.25, 0.3) is 11.1 Å². The number of aryl methyl sites for hydroxylation is 2. The SMILES string of the molecule is CCn1cc(-c2ccc(C)cc2)cc1C(=O)N1CCN(C)CC1. The van der Waals surface area contributed by atoms with Crippen LogP contribution in [0.4, 0.5) is 0 Å². The van der Waals surface area contributed by atoms with Crippen molar-refractivity contribution in [2.75, 3.05) is 33.2 Å². The van der Waals surface area contributed by atoms with Gasteiger partial charge in [0.15, 0.2) is 0 Å². The van der Waals surface area contributed by atoms with Gasteiger partial charge in [-0.2, -0.15) is 0 Å². The van der Waals surface area contributed by atoms with Crippen molar-refractivity contribution in [3.63, 3.8) is 0 Å². The molecule has 0 atom stereocenters. The Hall–Kier alpha value is -2.07. The second-order valence-corrected chi connectivity index (χ2v) is 6.36. The van der Waals surface area contributed by atoms with Crippen LogP contribution >= 0.6 is 0 Å².